The van der Waals surface area contributed by atoms with Gasteiger partial charge in [-0.3, -0.25) is 0 Å². The lowest BCUT2D eigenvalue weighted by molar-refractivity contribution is 0.188. The van der Waals surface area contributed by atoms with Crippen LogP contribution in [0.5, 0.6) is 0 Å². The molecule has 0 aromatic heterocycles. The lowest BCUT2D eigenvalue weighted by atomic mass is 10.2. The predicted molar refractivity (Wildman–Crippen MR) is 67.5 cm³/mol. The van der Waals surface area contributed by atoms with Crippen LogP contribution < -0.4 is 0 Å². The van der Waals surface area contributed by atoms with Crippen molar-refractivity contribution in [2.75, 3.05) is 13.2 Å². The van der Waals surface area contributed by atoms with Crippen LogP contribution in [0.15, 0.2) is 24.3 Å². The summed E-state index contributed by atoms with van der Waals surface area (Å²) in [5, 5.41) is 0.679. The fourth-order valence-electron chi connectivity index (χ4n) is 1.35. The maximum Gasteiger partial charge on any atom is 0.413 e. The second-order valence-corrected chi connectivity index (χ2v) is 5.80. The third-order valence-electron chi connectivity index (χ3n) is 1.96. The zero-order valence-corrected chi connectivity index (χ0v) is 11.2. The van der Waals surface area contributed by atoms with Gasteiger partial charge in [-0.15, -0.1) is 0 Å². The van der Waals surface area contributed by atoms with E-state index in [-0.39, 0.29) is 0 Å². The Kier molecular flexibility index (Phi) is 5.67. The first-order valence-corrected chi connectivity index (χ1v) is 7.38. The van der Waals surface area contributed by atoms with E-state index in [9.17, 15) is 4.89 Å². The molecule has 0 aliphatic carbocycles. The molecule has 0 saturated heterocycles. The third kappa shape index (κ3) is 4.36. The van der Waals surface area contributed by atoms with Crippen molar-refractivity contribution in [2.24, 2.45) is 0 Å². The monoisotopic (exact) mass is 263 g/mol. The minimum absolute atomic E-state index is 0.395. The fourth-order valence-corrected chi connectivity index (χ4v) is 3.21. The molecule has 90 valence electrons. The molecule has 0 bridgehead atoms. The van der Waals surface area contributed by atoms with Gasteiger partial charge >= 0.3 is 7.94 Å². The molecule has 0 aliphatic heterocycles. The van der Waals surface area contributed by atoms with Gasteiger partial charge < -0.3 is 0 Å². The Labute approximate surface area is 102 Å². The smallest absolute Gasteiger partial charge is 0.192 e. The van der Waals surface area contributed by atoms with E-state index in [0.717, 1.165) is 5.56 Å². The van der Waals surface area contributed by atoms with Crippen molar-refractivity contribution in [3.05, 3.63) is 34.9 Å². The van der Waals surface area contributed by atoms with E-state index >= 15 is 0 Å². The lowest BCUT2D eigenvalue weighted by Gasteiger charge is -2.15. The van der Waals surface area contributed by atoms with Gasteiger partial charge in [0.1, 0.15) is 0 Å². The number of hydrogen-bond donors (Lipinski definition) is 1. The predicted octanol–water partition coefficient (Wildman–Crippen LogP) is 3.67. The minimum Gasteiger partial charge on any atom is -0.192 e. The maximum atomic E-state index is 10.2. The highest BCUT2D eigenvalue weighted by Gasteiger charge is 2.39. The Morgan fingerprint density at radius 3 is 2.06 bits per heavy atom. The fraction of sp³-hybridized carbons (Fsp3) is 0.455. The standard InChI is InChI=1S/C11H17ClO3P/c1-3-14-16(13,15-4-2)9-10-5-7-11(12)8-6-10/h5-8,13H,3-4,9H2,1-2H3/q+1. The summed E-state index contributed by atoms with van der Waals surface area (Å²) in [5.74, 6) is 0. The summed E-state index contributed by atoms with van der Waals surface area (Å²) in [6.45, 7) is 4.56. The molecule has 1 N–H and O–H groups in total. The van der Waals surface area contributed by atoms with E-state index in [0.29, 0.717) is 24.4 Å². The van der Waals surface area contributed by atoms with Gasteiger partial charge in [-0.1, -0.05) is 23.7 Å². The van der Waals surface area contributed by atoms with Gasteiger partial charge in [0.15, 0.2) is 6.16 Å². The molecule has 0 heterocycles. The van der Waals surface area contributed by atoms with Crippen LogP contribution in [0, 0.1) is 0 Å². The lowest BCUT2D eigenvalue weighted by Crippen LogP contribution is -2.05. The molecule has 0 aliphatic rings. The molecular formula is C11H17ClO3P+. The average Bonchev–Trinajstić information content (AvgIpc) is 2.22. The highest BCUT2D eigenvalue weighted by molar-refractivity contribution is 7.59. The van der Waals surface area contributed by atoms with Crippen molar-refractivity contribution in [1.82, 2.24) is 0 Å². The topological polar surface area (TPSA) is 38.7 Å². The van der Waals surface area contributed by atoms with Crippen molar-refractivity contribution in [3.8, 4) is 0 Å². The van der Waals surface area contributed by atoms with Crippen LogP contribution >= 0.6 is 19.5 Å². The Hall–Kier alpha value is -0.180. The van der Waals surface area contributed by atoms with Crippen molar-refractivity contribution in [2.45, 2.75) is 20.0 Å². The molecule has 0 amide bonds. The van der Waals surface area contributed by atoms with Crippen molar-refractivity contribution in [1.29, 1.82) is 0 Å². The molecule has 0 fully saturated rings. The average molecular weight is 264 g/mol. The molecule has 0 atom stereocenters. The zero-order chi connectivity index (χ0) is 12.0. The minimum atomic E-state index is -2.75. The number of benzene rings is 1. The maximum absolute atomic E-state index is 10.2. The molecule has 1 aromatic carbocycles. The molecule has 16 heavy (non-hydrogen) atoms. The van der Waals surface area contributed by atoms with Crippen LogP contribution in [0.25, 0.3) is 0 Å². The normalized spacial score (nSPS) is 11.8. The summed E-state index contributed by atoms with van der Waals surface area (Å²) in [5.41, 5.74) is 0.960. The molecule has 1 rings (SSSR count). The molecule has 0 spiro atoms. The molecule has 0 unspecified atom stereocenters. The van der Waals surface area contributed by atoms with Gasteiger partial charge in [0.05, 0.1) is 13.2 Å². The van der Waals surface area contributed by atoms with Crippen molar-refractivity contribution < 1.29 is 13.9 Å². The molecule has 3 nitrogen and oxygen atoms in total. The Morgan fingerprint density at radius 1 is 1.12 bits per heavy atom. The number of halogens is 1. The highest BCUT2D eigenvalue weighted by atomic mass is 35.5. The molecular weight excluding hydrogens is 247 g/mol. The first-order chi connectivity index (χ1) is 7.59. The van der Waals surface area contributed by atoms with E-state index in [1.54, 1.807) is 12.1 Å². The molecule has 0 saturated carbocycles. The van der Waals surface area contributed by atoms with Crippen molar-refractivity contribution >= 4 is 19.5 Å². The number of rotatable bonds is 6. The van der Waals surface area contributed by atoms with Crippen LogP contribution in [0.3, 0.4) is 0 Å². The van der Waals surface area contributed by atoms with Crippen molar-refractivity contribution in [3.63, 3.8) is 0 Å². The van der Waals surface area contributed by atoms with Gasteiger partial charge in [0.2, 0.25) is 0 Å². The first kappa shape index (κ1) is 13.9. The number of hydrogen-bond acceptors (Lipinski definition) is 3. The highest BCUT2D eigenvalue weighted by Crippen LogP contribution is 2.59. The van der Waals surface area contributed by atoms with Crippen LogP contribution in [-0.2, 0) is 15.2 Å². The van der Waals surface area contributed by atoms with Crippen LogP contribution in [0.4, 0.5) is 0 Å². The second kappa shape index (κ2) is 6.53. The SMILES string of the molecule is CCO[P+](O)(Cc1ccc(Cl)cc1)OCC. The summed E-state index contributed by atoms with van der Waals surface area (Å²) in [4.78, 5) is 10.2. The molecule has 1 aromatic rings. The Balaban J connectivity index is 2.70. The van der Waals surface area contributed by atoms with E-state index in [1.165, 1.54) is 0 Å². The van der Waals surface area contributed by atoms with Gasteiger partial charge in [-0.2, -0.15) is 13.9 Å². The van der Waals surface area contributed by atoms with Gasteiger partial charge in [-0.05, 0) is 31.5 Å². The van der Waals surface area contributed by atoms with Crippen LogP contribution in [0.2, 0.25) is 5.02 Å². The van der Waals surface area contributed by atoms with E-state index in [4.69, 9.17) is 20.6 Å². The first-order valence-electron chi connectivity index (χ1n) is 5.24. The van der Waals surface area contributed by atoms with Crippen LogP contribution in [-0.4, -0.2) is 18.1 Å². The van der Waals surface area contributed by atoms with Crippen LogP contribution in [0.1, 0.15) is 19.4 Å². The van der Waals surface area contributed by atoms with E-state index in [2.05, 4.69) is 0 Å². The summed E-state index contributed by atoms with van der Waals surface area (Å²) < 4.78 is 10.6. The largest absolute Gasteiger partial charge is 0.413 e. The summed E-state index contributed by atoms with van der Waals surface area (Å²) in [6.07, 6.45) is 0.395. The summed E-state index contributed by atoms with van der Waals surface area (Å²) in [7, 11) is -2.75. The third-order valence-corrected chi connectivity index (χ3v) is 4.30. The van der Waals surface area contributed by atoms with Gasteiger partial charge in [0.25, 0.3) is 0 Å². The Bertz CT molecular complexity index is 310. The van der Waals surface area contributed by atoms with E-state index in [1.807, 2.05) is 26.0 Å². The van der Waals surface area contributed by atoms with Gasteiger partial charge in [0, 0.05) is 5.02 Å². The summed E-state index contributed by atoms with van der Waals surface area (Å²) in [6, 6.07) is 7.31. The molecule has 5 heteroatoms. The van der Waals surface area contributed by atoms with Gasteiger partial charge in [-0.25, -0.2) is 0 Å². The van der Waals surface area contributed by atoms with E-state index < -0.39 is 7.94 Å². The quantitative estimate of drug-likeness (QED) is 0.796. The second-order valence-electron chi connectivity index (χ2n) is 3.26. The molecule has 0 radical (unpaired) electrons. The summed E-state index contributed by atoms with van der Waals surface area (Å²) >= 11 is 5.79. The Morgan fingerprint density at radius 2 is 1.62 bits per heavy atom. The zero-order valence-electron chi connectivity index (χ0n) is 9.52.